The molecule has 2 unspecified atom stereocenters. The second kappa shape index (κ2) is 4.95. The zero-order chi connectivity index (χ0) is 11.5. The SMILES string of the molecule is CSC1CCCCC1n1cccc1C(=O)O. The average molecular weight is 239 g/mol. The van der Waals surface area contributed by atoms with Crippen molar-refractivity contribution in [2.45, 2.75) is 37.0 Å². The molecule has 1 saturated carbocycles. The number of nitrogens with zero attached hydrogens (tertiary/aromatic N) is 1. The van der Waals surface area contributed by atoms with Crippen LogP contribution >= 0.6 is 11.8 Å². The molecule has 0 aliphatic heterocycles. The van der Waals surface area contributed by atoms with Crippen molar-refractivity contribution in [3.8, 4) is 0 Å². The molecule has 0 aromatic carbocycles. The van der Waals surface area contributed by atoms with Crippen LogP contribution in [0.3, 0.4) is 0 Å². The largest absolute Gasteiger partial charge is 0.477 e. The van der Waals surface area contributed by atoms with Gasteiger partial charge in [-0.3, -0.25) is 0 Å². The van der Waals surface area contributed by atoms with E-state index in [1.807, 2.05) is 28.6 Å². The van der Waals surface area contributed by atoms with Crippen molar-refractivity contribution >= 4 is 17.7 Å². The van der Waals surface area contributed by atoms with E-state index in [0.717, 1.165) is 6.42 Å². The van der Waals surface area contributed by atoms with Crippen LogP contribution in [0.2, 0.25) is 0 Å². The molecule has 2 rings (SSSR count). The summed E-state index contributed by atoms with van der Waals surface area (Å²) in [7, 11) is 0. The molecule has 3 nitrogen and oxygen atoms in total. The van der Waals surface area contributed by atoms with E-state index in [-0.39, 0.29) is 0 Å². The van der Waals surface area contributed by atoms with Crippen LogP contribution in [0.1, 0.15) is 42.2 Å². The van der Waals surface area contributed by atoms with Crippen molar-refractivity contribution in [3.63, 3.8) is 0 Å². The summed E-state index contributed by atoms with van der Waals surface area (Å²) in [6.07, 6.45) is 8.80. The summed E-state index contributed by atoms with van der Waals surface area (Å²) in [6.45, 7) is 0. The number of carboxylic acids is 1. The van der Waals surface area contributed by atoms with Crippen LogP contribution < -0.4 is 0 Å². The molecule has 16 heavy (non-hydrogen) atoms. The van der Waals surface area contributed by atoms with Gasteiger partial charge in [-0.15, -0.1) is 0 Å². The summed E-state index contributed by atoms with van der Waals surface area (Å²) < 4.78 is 1.95. The third-order valence-electron chi connectivity index (χ3n) is 3.33. The second-order valence-corrected chi connectivity index (χ2v) is 5.31. The first kappa shape index (κ1) is 11.6. The zero-order valence-corrected chi connectivity index (χ0v) is 10.2. The van der Waals surface area contributed by atoms with Crippen LogP contribution in [0.15, 0.2) is 18.3 Å². The number of aromatic nitrogens is 1. The molecule has 1 aliphatic carbocycles. The molecular weight excluding hydrogens is 222 g/mol. The lowest BCUT2D eigenvalue weighted by molar-refractivity contribution is 0.0681. The molecule has 4 heteroatoms. The Morgan fingerprint density at radius 3 is 2.94 bits per heavy atom. The van der Waals surface area contributed by atoms with Gasteiger partial charge in [0.05, 0.1) is 0 Å². The molecule has 1 fully saturated rings. The lowest BCUT2D eigenvalue weighted by Gasteiger charge is -2.32. The molecular formula is C12H17NO2S. The first-order valence-corrected chi connectivity index (χ1v) is 6.95. The Bertz CT molecular complexity index is 375. The second-order valence-electron chi connectivity index (χ2n) is 4.23. The maximum atomic E-state index is 11.1. The van der Waals surface area contributed by atoms with E-state index in [9.17, 15) is 4.79 Å². The van der Waals surface area contributed by atoms with E-state index < -0.39 is 5.97 Å². The van der Waals surface area contributed by atoms with Crippen LogP contribution in [0.25, 0.3) is 0 Å². The normalized spacial score (nSPS) is 25.6. The Morgan fingerprint density at radius 1 is 1.50 bits per heavy atom. The van der Waals surface area contributed by atoms with Crippen molar-refractivity contribution in [1.82, 2.24) is 4.57 Å². The highest BCUT2D eigenvalue weighted by Gasteiger charge is 2.27. The molecule has 1 aromatic heterocycles. The van der Waals surface area contributed by atoms with Crippen LogP contribution in [-0.2, 0) is 0 Å². The lowest BCUT2D eigenvalue weighted by atomic mass is 9.94. The quantitative estimate of drug-likeness (QED) is 0.881. The van der Waals surface area contributed by atoms with Gasteiger partial charge in [0, 0.05) is 17.5 Å². The smallest absolute Gasteiger partial charge is 0.352 e. The lowest BCUT2D eigenvalue weighted by Crippen LogP contribution is -2.27. The van der Waals surface area contributed by atoms with Gasteiger partial charge in [-0.25, -0.2) is 4.79 Å². The van der Waals surface area contributed by atoms with E-state index in [4.69, 9.17) is 5.11 Å². The van der Waals surface area contributed by atoms with Crippen LogP contribution in [0, 0.1) is 0 Å². The van der Waals surface area contributed by atoms with Crippen molar-refractivity contribution in [3.05, 3.63) is 24.0 Å². The molecule has 0 amide bonds. The zero-order valence-electron chi connectivity index (χ0n) is 9.43. The van der Waals surface area contributed by atoms with Crippen LogP contribution in [0.4, 0.5) is 0 Å². The minimum atomic E-state index is -0.824. The van der Waals surface area contributed by atoms with Gasteiger partial charge in [-0.2, -0.15) is 11.8 Å². The highest BCUT2D eigenvalue weighted by atomic mass is 32.2. The Labute approximate surface area is 99.8 Å². The molecule has 0 radical (unpaired) electrons. The number of hydrogen-bond donors (Lipinski definition) is 1. The summed E-state index contributed by atoms with van der Waals surface area (Å²) in [5, 5.41) is 9.67. The summed E-state index contributed by atoms with van der Waals surface area (Å²) in [6, 6.07) is 3.87. The summed E-state index contributed by atoms with van der Waals surface area (Å²) in [5.74, 6) is -0.824. The van der Waals surface area contributed by atoms with E-state index in [1.54, 1.807) is 6.07 Å². The Kier molecular flexibility index (Phi) is 3.59. The number of hydrogen-bond acceptors (Lipinski definition) is 2. The fourth-order valence-corrected chi connectivity index (χ4v) is 3.52. The van der Waals surface area contributed by atoms with Crippen LogP contribution in [0.5, 0.6) is 0 Å². The molecule has 1 aromatic rings. The molecule has 0 saturated heterocycles. The van der Waals surface area contributed by atoms with Gasteiger partial charge in [-0.1, -0.05) is 12.8 Å². The molecule has 0 spiro atoms. The molecule has 2 atom stereocenters. The van der Waals surface area contributed by atoms with Gasteiger partial charge in [0.25, 0.3) is 0 Å². The molecule has 1 heterocycles. The minimum absolute atomic E-state index is 0.352. The fraction of sp³-hybridized carbons (Fsp3) is 0.583. The van der Waals surface area contributed by atoms with Gasteiger partial charge >= 0.3 is 5.97 Å². The highest BCUT2D eigenvalue weighted by molar-refractivity contribution is 7.99. The van der Waals surface area contributed by atoms with E-state index >= 15 is 0 Å². The fourth-order valence-electron chi connectivity index (χ4n) is 2.53. The number of aromatic carboxylic acids is 1. The standard InChI is InChI=1S/C12H17NO2S/c1-16-11-7-3-2-5-9(11)13-8-4-6-10(13)12(14)15/h4,6,8-9,11H,2-3,5,7H2,1H3,(H,14,15). The van der Waals surface area contributed by atoms with Gasteiger partial charge in [-0.05, 0) is 31.2 Å². The number of carbonyl (C=O) groups is 1. The third-order valence-corrected chi connectivity index (χ3v) is 4.48. The highest BCUT2D eigenvalue weighted by Crippen LogP contribution is 2.36. The predicted octanol–water partition coefficient (Wildman–Crippen LogP) is 3.03. The van der Waals surface area contributed by atoms with Gasteiger partial charge < -0.3 is 9.67 Å². The van der Waals surface area contributed by atoms with E-state index in [1.165, 1.54) is 19.3 Å². The maximum absolute atomic E-state index is 11.1. The Balaban J connectivity index is 2.27. The summed E-state index contributed by atoms with van der Waals surface area (Å²) in [4.78, 5) is 11.1. The van der Waals surface area contributed by atoms with Gasteiger partial charge in [0.1, 0.15) is 5.69 Å². The maximum Gasteiger partial charge on any atom is 0.352 e. The van der Waals surface area contributed by atoms with Crippen molar-refractivity contribution in [2.24, 2.45) is 0 Å². The number of rotatable bonds is 3. The minimum Gasteiger partial charge on any atom is -0.477 e. The van der Waals surface area contributed by atoms with Crippen molar-refractivity contribution in [2.75, 3.05) is 6.26 Å². The first-order valence-electron chi connectivity index (χ1n) is 5.67. The van der Waals surface area contributed by atoms with Crippen molar-refractivity contribution < 1.29 is 9.90 Å². The topological polar surface area (TPSA) is 42.2 Å². The van der Waals surface area contributed by atoms with Crippen molar-refractivity contribution in [1.29, 1.82) is 0 Å². The monoisotopic (exact) mass is 239 g/mol. The number of thioether (sulfide) groups is 1. The molecule has 1 N–H and O–H groups in total. The number of carboxylic acid groups (broad SMARTS) is 1. The Morgan fingerprint density at radius 2 is 2.25 bits per heavy atom. The Hall–Kier alpha value is -0.900. The average Bonchev–Trinajstić information content (AvgIpc) is 2.77. The summed E-state index contributed by atoms with van der Waals surface area (Å²) in [5.41, 5.74) is 0.422. The third kappa shape index (κ3) is 2.12. The predicted molar refractivity (Wildman–Crippen MR) is 66.2 cm³/mol. The molecule has 1 aliphatic rings. The molecule has 88 valence electrons. The van der Waals surface area contributed by atoms with Gasteiger partial charge in [0.15, 0.2) is 0 Å². The first-order chi connectivity index (χ1) is 7.74. The van der Waals surface area contributed by atoms with Gasteiger partial charge in [0.2, 0.25) is 0 Å². The summed E-state index contributed by atoms with van der Waals surface area (Å²) >= 11 is 1.86. The van der Waals surface area contributed by atoms with Crippen LogP contribution in [-0.4, -0.2) is 27.1 Å². The van der Waals surface area contributed by atoms with E-state index in [0.29, 0.717) is 17.0 Å². The molecule has 0 bridgehead atoms. The van der Waals surface area contributed by atoms with E-state index in [2.05, 4.69) is 6.26 Å².